The molecule has 1 aliphatic rings. The zero-order valence-electron chi connectivity index (χ0n) is 18.5. The Bertz CT molecular complexity index is 1290. The third-order valence-corrected chi connectivity index (χ3v) is 6.95. The molecule has 34 heavy (non-hydrogen) atoms. The molecule has 2 atom stereocenters. The smallest absolute Gasteiger partial charge is 0.224 e. The molecule has 4 aromatic carbocycles. The number of phenolic OH excluding ortho intramolecular Hbond substituents is 2. The summed E-state index contributed by atoms with van der Waals surface area (Å²) in [5.74, 6) is 0.0685. The van der Waals surface area contributed by atoms with Crippen LogP contribution >= 0.6 is 23.2 Å². The molecule has 6 heteroatoms. The largest absolute Gasteiger partial charge is 0.508 e. The van der Waals surface area contributed by atoms with Crippen LogP contribution in [0.2, 0.25) is 10.0 Å². The molecule has 0 spiro atoms. The molecule has 1 amide bonds. The molecule has 4 aromatic rings. The van der Waals surface area contributed by atoms with Gasteiger partial charge >= 0.3 is 0 Å². The summed E-state index contributed by atoms with van der Waals surface area (Å²) in [5, 5.41) is 25.0. The quantitative estimate of drug-likeness (QED) is 0.313. The molecule has 5 rings (SSSR count). The molecule has 0 aromatic heterocycles. The van der Waals surface area contributed by atoms with Crippen molar-refractivity contribution in [1.82, 2.24) is 4.90 Å². The minimum absolute atomic E-state index is 0.0724. The summed E-state index contributed by atoms with van der Waals surface area (Å²) in [7, 11) is 0. The second kappa shape index (κ2) is 8.86. The Hall–Kier alpha value is -3.21. The number of phenols is 2. The lowest BCUT2D eigenvalue weighted by Gasteiger charge is -2.44. The topological polar surface area (TPSA) is 60.8 Å². The molecule has 2 N–H and O–H groups in total. The Morgan fingerprint density at radius 1 is 0.765 bits per heavy atom. The number of carbonyl (C=O) groups excluding carboxylic acids is 1. The van der Waals surface area contributed by atoms with E-state index < -0.39 is 12.1 Å². The Kier molecular flexibility index (Phi) is 5.88. The molecule has 172 valence electrons. The van der Waals surface area contributed by atoms with Gasteiger partial charge in [0, 0.05) is 33.0 Å². The molecule has 0 fully saturated rings. The van der Waals surface area contributed by atoms with Gasteiger partial charge in [0.15, 0.2) is 0 Å². The summed E-state index contributed by atoms with van der Waals surface area (Å²) in [6.07, 6.45) is 0.994. The van der Waals surface area contributed by atoms with Gasteiger partial charge in [-0.25, -0.2) is 0 Å². The normalized spacial score (nSPS) is 17.2. The lowest BCUT2D eigenvalue weighted by atomic mass is 9.79. The van der Waals surface area contributed by atoms with Gasteiger partial charge in [-0.1, -0.05) is 66.5 Å². The van der Waals surface area contributed by atoms with Crippen LogP contribution in [0.15, 0.2) is 72.8 Å². The first-order chi connectivity index (χ1) is 16.4. The van der Waals surface area contributed by atoms with Gasteiger partial charge in [-0.2, -0.15) is 0 Å². The van der Waals surface area contributed by atoms with Crippen LogP contribution in [0.1, 0.15) is 54.1 Å². The number of nitrogens with zero attached hydrogens (tertiary/aromatic N) is 1. The maximum atomic E-state index is 13.8. The van der Waals surface area contributed by atoms with E-state index in [1.165, 1.54) is 0 Å². The lowest BCUT2D eigenvalue weighted by molar-refractivity contribution is -0.135. The van der Waals surface area contributed by atoms with Gasteiger partial charge in [-0.05, 0) is 59.3 Å². The second-order valence-corrected chi connectivity index (χ2v) is 9.43. The predicted octanol–water partition coefficient (Wildman–Crippen LogP) is 7.38. The molecule has 0 saturated carbocycles. The zero-order valence-corrected chi connectivity index (χ0v) is 20.0. The van der Waals surface area contributed by atoms with E-state index in [9.17, 15) is 15.0 Å². The molecule has 1 aliphatic heterocycles. The van der Waals surface area contributed by atoms with Crippen molar-refractivity contribution in [1.29, 1.82) is 0 Å². The number of hydrogen-bond donors (Lipinski definition) is 2. The van der Waals surface area contributed by atoms with Crippen molar-refractivity contribution in [3.63, 3.8) is 0 Å². The van der Waals surface area contributed by atoms with Crippen LogP contribution < -0.4 is 0 Å². The molecule has 2 unspecified atom stereocenters. The molecule has 0 radical (unpaired) electrons. The summed E-state index contributed by atoms with van der Waals surface area (Å²) < 4.78 is 0. The van der Waals surface area contributed by atoms with Crippen LogP contribution in [-0.4, -0.2) is 21.0 Å². The summed E-state index contributed by atoms with van der Waals surface area (Å²) in [6, 6.07) is 20.5. The lowest BCUT2D eigenvalue weighted by Crippen LogP contribution is -2.41. The third-order valence-electron chi connectivity index (χ3n) is 6.45. The molecular weight excluding hydrogens is 469 g/mol. The molecule has 0 bridgehead atoms. The van der Waals surface area contributed by atoms with Crippen molar-refractivity contribution in [2.24, 2.45) is 0 Å². The van der Waals surface area contributed by atoms with E-state index in [1.54, 1.807) is 41.3 Å². The van der Waals surface area contributed by atoms with Crippen LogP contribution in [0.4, 0.5) is 0 Å². The van der Waals surface area contributed by atoms with Gasteiger partial charge in [0.2, 0.25) is 5.91 Å². The number of rotatable bonds is 4. The number of halogens is 2. The fraction of sp³-hybridized carbons (Fsp3) is 0.179. The highest BCUT2D eigenvalue weighted by Gasteiger charge is 2.42. The van der Waals surface area contributed by atoms with Crippen molar-refractivity contribution >= 4 is 39.9 Å². The second-order valence-electron chi connectivity index (χ2n) is 8.55. The van der Waals surface area contributed by atoms with E-state index in [2.05, 4.69) is 0 Å². The Labute approximate surface area is 208 Å². The molecule has 1 heterocycles. The van der Waals surface area contributed by atoms with E-state index in [4.69, 9.17) is 23.2 Å². The first-order valence-electron chi connectivity index (χ1n) is 11.2. The fourth-order valence-corrected chi connectivity index (χ4v) is 5.26. The third kappa shape index (κ3) is 3.67. The van der Waals surface area contributed by atoms with Crippen LogP contribution in [-0.2, 0) is 4.79 Å². The van der Waals surface area contributed by atoms with Gasteiger partial charge in [0.05, 0.1) is 12.1 Å². The SMILES string of the molecule is CCCC(=O)N1C(c2ccc(Cl)cc2)c2c(O)ccc3ccc(O)c(c23)C1c1ccc(Cl)cc1. The van der Waals surface area contributed by atoms with E-state index in [1.807, 2.05) is 43.3 Å². The molecular formula is C28H23Cl2NO3. The number of benzene rings is 4. The monoisotopic (exact) mass is 491 g/mol. The summed E-state index contributed by atoms with van der Waals surface area (Å²) in [6.45, 7) is 1.96. The first kappa shape index (κ1) is 22.6. The van der Waals surface area contributed by atoms with Gasteiger partial charge in [-0.15, -0.1) is 0 Å². The van der Waals surface area contributed by atoms with Crippen LogP contribution in [0.25, 0.3) is 10.8 Å². The van der Waals surface area contributed by atoms with Gasteiger partial charge < -0.3 is 15.1 Å². The van der Waals surface area contributed by atoms with Crippen molar-refractivity contribution in [2.45, 2.75) is 31.8 Å². The van der Waals surface area contributed by atoms with E-state index in [0.29, 0.717) is 34.0 Å². The Morgan fingerprint density at radius 2 is 1.21 bits per heavy atom. The van der Waals surface area contributed by atoms with Crippen molar-refractivity contribution < 1.29 is 15.0 Å². The van der Waals surface area contributed by atoms with Crippen molar-refractivity contribution in [3.05, 3.63) is 105 Å². The number of carbonyl (C=O) groups is 1. The Balaban J connectivity index is 1.90. The predicted molar refractivity (Wildman–Crippen MR) is 136 cm³/mol. The van der Waals surface area contributed by atoms with E-state index in [0.717, 1.165) is 21.9 Å². The van der Waals surface area contributed by atoms with Gasteiger partial charge in [0.1, 0.15) is 11.5 Å². The van der Waals surface area contributed by atoms with E-state index >= 15 is 0 Å². The number of aromatic hydroxyl groups is 2. The molecule has 0 aliphatic carbocycles. The van der Waals surface area contributed by atoms with Crippen LogP contribution in [0, 0.1) is 0 Å². The van der Waals surface area contributed by atoms with Crippen LogP contribution in [0.3, 0.4) is 0 Å². The maximum Gasteiger partial charge on any atom is 0.224 e. The first-order valence-corrected chi connectivity index (χ1v) is 12.0. The summed E-state index contributed by atoms with van der Waals surface area (Å²) >= 11 is 12.4. The highest BCUT2D eigenvalue weighted by molar-refractivity contribution is 6.30. The fourth-order valence-electron chi connectivity index (χ4n) is 5.01. The summed E-state index contributed by atoms with van der Waals surface area (Å²) in [5.41, 5.74) is 2.84. The van der Waals surface area contributed by atoms with Crippen LogP contribution in [0.5, 0.6) is 11.5 Å². The van der Waals surface area contributed by atoms with Crippen molar-refractivity contribution in [2.75, 3.05) is 0 Å². The van der Waals surface area contributed by atoms with E-state index in [-0.39, 0.29) is 17.4 Å². The standard InChI is InChI=1S/C28H23Cl2NO3/c1-2-3-23(34)31-27(17-4-10-19(29)11-5-17)25-21(32)14-8-16-9-15-22(33)26(24(16)25)28(31)18-6-12-20(30)13-7-18/h4-15,27-28,32-33H,2-3H2,1H3. The average Bonchev–Trinajstić information content (AvgIpc) is 2.83. The number of hydrogen-bond acceptors (Lipinski definition) is 3. The van der Waals surface area contributed by atoms with Gasteiger partial charge in [0.25, 0.3) is 0 Å². The zero-order chi connectivity index (χ0) is 24.0. The average molecular weight is 492 g/mol. The Morgan fingerprint density at radius 3 is 1.62 bits per heavy atom. The maximum absolute atomic E-state index is 13.8. The minimum Gasteiger partial charge on any atom is -0.508 e. The summed E-state index contributed by atoms with van der Waals surface area (Å²) in [4.78, 5) is 15.5. The van der Waals surface area contributed by atoms with Crippen molar-refractivity contribution in [3.8, 4) is 11.5 Å². The minimum atomic E-state index is -0.574. The highest BCUT2D eigenvalue weighted by atomic mass is 35.5. The van der Waals surface area contributed by atoms with Gasteiger partial charge in [-0.3, -0.25) is 4.79 Å². The molecule has 4 nitrogen and oxygen atoms in total. The molecule has 0 saturated heterocycles. The number of amides is 1. The highest BCUT2D eigenvalue weighted by Crippen LogP contribution is 2.53.